The lowest BCUT2D eigenvalue weighted by Crippen LogP contribution is -2.38. The molecule has 7 heteroatoms. The summed E-state index contributed by atoms with van der Waals surface area (Å²) in [5, 5.41) is 4.82. The van der Waals surface area contributed by atoms with Crippen molar-refractivity contribution in [2.45, 2.75) is 20.3 Å². The fourth-order valence-corrected chi connectivity index (χ4v) is 4.17. The minimum atomic E-state index is -0.287. The molecule has 2 aromatic carbocycles. The zero-order chi connectivity index (χ0) is 22.0. The van der Waals surface area contributed by atoms with Crippen molar-refractivity contribution in [3.8, 4) is 5.75 Å². The third kappa shape index (κ3) is 4.51. The Bertz CT molecular complexity index is 1170. The lowest BCUT2D eigenvalue weighted by Gasteiger charge is -2.23. The van der Waals surface area contributed by atoms with Crippen molar-refractivity contribution < 1.29 is 14.3 Å². The fraction of sp³-hybridized carbons (Fsp3) is 0.208. The van der Waals surface area contributed by atoms with Gasteiger partial charge in [-0.3, -0.25) is 9.59 Å². The smallest absolute Gasteiger partial charge is 0.244 e. The van der Waals surface area contributed by atoms with E-state index in [4.69, 9.17) is 9.73 Å². The molecule has 1 aromatic heterocycles. The first-order valence-electron chi connectivity index (χ1n) is 9.91. The van der Waals surface area contributed by atoms with Gasteiger partial charge >= 0.3 is 0 Å². The summed E-state index contributed by atoms with van der Waals surface area (Å²) in [6.07, 6.45) is 0.139. The number of amides is 2. The average Bonchev–Trinajstić information content (AvgIpc) is 3.25. The normalized spacial score (nSPS) is 13.3. The number of nitrogens with zero attached hydrogens (tertiary/aromatic N) is 2. The van der Waals surface area contributed by atoms with Gasteiger partial charge < -0.3 is 15.0 Å². The van der Waals surface area contributed by atoms with Crippen molar-refractivity contribution in [1.82, 2.24) is 0 Å². The highest BCUT2D eigenvalue weighted by molar-refractivity contribution is 7.12. The number of carbonyl (C=O) groups excluding carboxylic acids is 2. The predicted molar refractivity (Wildman–Crippen MR) is 125 cm³/mol. The summed E-state index contributed by atoms with van der Waals surface area (Å²) in [6.45, 7) is 3.91. The van der Waals surface area contributed by atoms with Crippen LogP contribution in [-0.2, 0) is 9.59 Å². The van der Waals surface area contributed by atoms with E-state index >= 15 is 0 Å². The molecular formula is C24H23N3O3S. The summed E-state index contributed by atoms with van der Waals surface area (Å²) in [5.74, 6) is 0.203. The number of carbonyl (C=O) groups is 2. The SMILES string of the molecule is COc1cccc(NC(=O)CN2C(=O)CC(c3cccs3)=Nc3cc(C)c(C)cc32)c1. The van der Waals surface area contributed by atoms with Gasteiger partial charge in [0.2, 0.25) is 11.8 Å². The molecule has 0 atom stereocenters. The molecular weight excluding hydrogens is 410 g/mol. The second kappa shape index (κ2) is 8.73. The molecule has 0 spiro atoms. The van der Waals surface area contributed by atoms with Crippen LogP contribution in [-0.4, -0.2) is 31.2 Å². The van der Waals surface area contributed by atoms with Gasteiger partial charge in [0.05, 0.1) is 30.6 Å². The van der Waals surface area contributed by atoms with Crippen molar-refractivity contribution in [3.05, 3.63) is 69.9 Å². The zero-order valence-electron chi connectivity index (χ0n) is 17.6. The van der Waals surface area contributed by atoms with Crippen molar-refractivity contribution in [1.29, 1.82) is 0 Å². The third-order valence-electron chi connectivity index (χ3n) is 5.22. The van der Waals surface area contributed by atoms with E-state index in [0.29, 0.717) is 22.8 Å². The van der Waals surface area contributed by atoms with Gasteiger partial charge in [0.1, 0.15) is 12.3 Å². The van der Waals surface area contributed by atoms with E-state index in [1.807, 2.05) is 43.5 Å². The Kier molecular flexibility index (Phi) is 5.86. The highest BCUT2D eigenvalue weighted by Crippen LogP contribution is 2.36. The molecule has 1 aliphatic heterocycles. The van der Waals surface area contributed by atoms with Crippen LogP contribution in [0.5, 0.6) is 5.75 Å². The van der Waals surface area contributed by atoms with Gasteiger partial charge in [-0.2, -0.15) is 0 Å². The second-order valence-corrected chi connectivity index (χ2v) is 8.35. The van der Waals surface area contributed by atoms with Crippen LogP contribution in [0.4, 0.5) is 17.1 Å². The molecule has 31 heavy (non-hydrogen) atoms. The summed E-state index contributed by atoms with van der Waals surface area (Å²) in [5.41, 5.74) is 4.82. The minimum absolute atomic E-state index is 0.0984. The molecule has 0 saturated heterocycles. The van der Waals surface area contributed by atoms with Crippen LogP contribution in [0.2, 0.25) is 0 Å². The molecule has 1 N–H and O–H groups in total. The van der Waals surface area contributed by atoms with Gasteiger partial charge in [0, 0.05) is 16.6 Å². The molecule has 0 fully saturated rings. The van der Waals surface area contributed by atoms with Crippen molar-refractivity contribution in [2.75, 3.05) is 23.9 Å². The number of anilines is 2. The first kappa shape index (κ1) is 20.8. The highest BCUT2D eigenvalue weighted by atomic mass is 32.1. The Labute approximate surface area is 185 Å². The highest BCUT2D eigenvalue weighted by Gasteiger charge is 2.27. The van der Waals surface area contributed by atoms with Crippen LogP contribution in [0.1, 0.15) is 22.4 Å². The van der Waals surface area contributed by atoms with Crippen LogP contribution < -0.4 is 15.0 Å². The number of fused-ring (bicyclic) bond motifs is 1. The molecule has 6 nitrogen and oxygen atoms in total. The van der Waals surface area contributed by atoms with Crippen LogP contribution in [0.3, 0.4) is 0 Å². The number of thiophene rings is 1. The van der Waals surface area contributed by atoms with Gasteiger partial charge in [-0.05, 0) is 60.7 Å². The number of ether oxygens (including phenoxy) is 1. The Balaban J connectivity index is 1.65. The van der Waals surface area contributed by atoms with Crippen LogP contribution in [0, 0.1) is 13.8 Å². The average molecular weight is 434 g/mol. The van der Waals surface area contributed by atoms with E-state index in [1.54, 1.807) is 42.7 Å². The van der Waals surface area contributed by atoms with E-state index in [2.05, 4.69) is 5.32 Å². The molecule has 3 aromatic rings. The molecule has 0 unspecified atom stereocenters. The number of methoxy groups -OCH3 is 1. The van der Waals surface area contributed by atoms with E-state index in [-0.39, 0.29) is 24.8 Å². The number of aryl methyl sites for hydroxylation is 2. The van der Waals surface area contributed by atoms with Gasteiger partial charge in [-0.1, -0.05) is 12.1 Å². The molecule has 0 saturated carbocycles. The standard InChI is InChI=1S/C24H23N3O3S/c1-15-10-19-21(11-16(15)2)27(24(29)13-20(26-19)22-8-5-9-31-22)14-23(28)25-17-6-4-7-18(12-17)30-3/h4-12H,13-14H2,1-3H3,(H,25,28). The van der Waals surface area contributed by atoms with Gasteiger partial charge in [-0.25, -0.2) is 4.99 Å². The minimum Gasteiger partial charge on any atom is -0.497 e. The Hall–Kier alpha value is -3.45. The Morgan fingerprint density at radius 1 is 1.16 bits per heavy atom. The lowest BCUT2D eigenvalue weighted by molar-refractivity contribution is -0.120. The van der Waals surface area contributed by atoms with E-state index in [0.717, 1.165) is 21.7 Å². The van der Waals surface area contributed by atoms with Crippen molar-refractivity contribution >= 4 is 45.9 Å². The lowest BCUT2D eigenvalue weighted by atomic mass is 10.1. The Morgan fingerprint density at radius 3 is 2.71 bits per heavy atom. The van der Waals surface area contributed by atoms with Crippen molar-refractivity contribution in [2.24, 2.45) is 4.99 Å². The maximum Gasteiger partial charge on any atom is 0.244 e. The van der Waals surface area contributed by atoms with Crippen LogP contribution in [0.15, 0.2) is 58.9 Å². The second-order valence-electron chi connectivity index (χ2n) is 7.40. The fourth-order valence-electron chi connectivity index (χ4n) is 3.45. The van der Waals surface area contributed by atoms with Gasteiger partial charge in [0.15, 0.2) is 0 Å². The van der Waals surface area contributed by atoms with E-state index in [1.165, 1.54) is 4.90 Å². The van der Waals surface area contributed by atoms with E-state index in [9.17, 15) is 9.59 Å². The van der Waals surface area contributed by atoms with Gasteiger partial charge in [-0.15, -0.1) is 11.3 Å². The summed E-state index contributed by atoms with van der Waals surface area (Å²) in [7, 11) is 1.57. The van der Waals surface area contributed by atoms with E-state index < -0.39 is 0 Å². The largest absolute Gasteiger partial charge is 0.497 e. The molecule has 0 bridgehead atoms. The number of hydrogen-bond donors (Lipinski definition) is 1. The molecule has 158 valence electrons. The summed E-state index contributed by atoms with van der Waals surface area (Å²) in [4.78, 5) is 33.3. The number of hydrogen-bond acceptors (Lipinski definition) is 5. The van der Waals surface area contributed by atoms with Gasteiger partial charge in [0.25, 0.3) is 0 Å². The monoisotopic (exact) mass is 433 g/mol. The third-order valence-corrected chi connectivity index (χ3v) is 6.14. The zero-order valence-corrected chi connectivity index (χ0v) is 18.5. The topological polar surface area (TPSA) is 71.0 Å². The van der Waals surface area contributed by atoms with Crippen LogP contribution >= 0.6 is 11.3 Å². The maximum atomic E-state index is 13.2. The van der Waals surface area contributed by atoms with Crippen LogP contribution in [0.25, 0.3) is 0 Å². The Morgan fingerprint density at radius 2 is 1.97 bits per heavy atom. The number of nitrogens with one attached hydrogen (secondary N) is 1. The summed E-state index contributed by atoms with van der Waals surface area (Å²) < 4.78 is 5.21. The quantitative estimate of drug-likeness (QED) is 0.624. The van der Waals surface area contributed by atoms with Crippen molar-refractivity contribution in [3.63, 3.8) is 0 Å². The summed E-state index contributed by atoms with van der Waals surface area (Å²) in [6, 6.07) is 14.9. The summed E-state index contributed by atoms with van der Waals surface area (Å²) >= 11 is 1.55. The molecule has 0 aliphatic carbocycles. The molecule has 2 heterocycles. The first-order chi connectivity index (χ1) is 14.9. The molecule has 1 aliphatic rings. The molecule has 0 radical (unpaired) electrons. The molecule has 2 amide bonds. The first-order valence-corrected chi connectivity index (χ1v) is 10.8. The predicted octanol–water partition coefficient (Wildman–Crippen LogP) is 4.87. The molecule has 4 rings (SSSR count). The number of aliphatic imine (C=N–C) groups is 1. The number of benzene rings is 2. The number of rotatable bonds is 5. The maximum absolute atomic E-state index is 13.2.